The third-order valence-electron chi connectivity index (χ3n) is 5.45. The maximum absolute atomic E-state index is 12.8. The quantitative estimate of drug-likeness (QED) is 0.320. The number of carbonyl (C=O) groups excluding carboxylic acids is 3. The maximum atomic E-state index is 12.8. The van der Waals surface area contributed by atoms with Crippen molar-refractivity contribution < 1.29 is 14.4 Å². The van der Waals surface area contributed by atoms with Crippen LogP contribution in [0.3, 0.4) is 0 Å². The zero-order valence-corrected chi connectivity index (χ0v) is 20.2. The number of anilines is 4. The summed E-state index contributed by atoms with van der Waals surface area (Å²) in [5.74, 6) is -0.431. The van der Waals surface area contributed by atoms with Crippen molar-refractivity contribution in [1.29, 1.82) is 0 Å². The number of rotatable bonds is 11. The van der Waals surface area contributed by atoms with Gasteiger partial charge in [0.05, 0.1) is 6.54 Å². The molecule has 7 nitrogen and oxygen atoms in total. The second-order valence-electron chi connectivity index (χ2n) is 8.27. The predicted octanol–water partition coefficient (Wildman–Crippen LogP) is 5.53. The van der Waals surface area contributed by atoms with Gasteiger partial charge in [0, 0.05) is 41.8 Å². The molecule has 0 aromatic heterocycles. The lowest BCUT2D eigenvalue weighted by atomic mass is 10.1. The molecule has 0 aliphatic carbocycles. The fourth-order valence-electron chi connectivity index (χ4n) is 3.55. The first-order valence-electron chi connectivity index (χ1n) is 11.8. The minimum Gasteiger partial charge on any atom is -0.376 e. The van der Waals surface area contributed by atoms with Crippen molar-refractivity contribution in [2.45, 2.75) is 32.6 Å². The Bertz CT molecular complexity index is 1150. The summed E-state index contributed by atoms with van der Waals surface area (Å²) < 4.78 is 0. The van der Waals surface area contributed by atoms with Gasteiger partial charge in [0.25, 0.3) is 5.91 Å². The molecule has 3 aromatic rings. The molecule has 0 saturated heterocycles. The van der Waals surface area contributed by atoms with E-state index < -0.39 is 0 Å². The summed E-state index contributed by atoms with van der Waals surface area (Å²) in [5, 5.41) is 8.78. The highest BCUT2D eigenvalue weighted by Crippen LogP contribution is 2.18. The van der Waals surface area contributed by atoms with Gasteiger partial charge < -0.3 is 20.9 Å². The molecule has 3 N–H and O–H groups in total. The molecule has 182 valence electrons. The minimum absolute atomic E-state index is 0.0133. The Morgan fingerprint density at radius 1 is 0.743 bits per heavy atom. The van der Waals surface area contributed by atoms with E-state index in [2.05, 4.69) is 22.9 Å². The van der Waals surface area contributed by atoms with Gasteiger partial charge in [-0.15, -0.1) is 0 Å². The molecule has 0 radical (unpaired) electrons. The molecule has 3 amide bonds. The van der Waals surface area contributed by atoms with Crippen molar-refractivity contribution >= 4 is 40.5 Å². The van der Waals surface area contributed by atoms with Gasteiger partial charge in [0.15, 0.2) is 0 Å². The Morgan fingerprint density at radius 3 is 2.14 bits per heavy atom. The van der Waals surface area contributed by atoms with Crippen molar-refractivity contribution in [3.63, 3.8) is 0 Å². The average molecular weight is 473 g/mol. The fourth-order valence-corrected chi connectivity index (χ4v) is 3.55. The zero-order valence-electron chi connectivity index (χ0n) is 20.2. The summed E-state index contributed by atoms with van der Waals surface area (Å²) in [6, 6.07) is 23.5. The largest absolute Gasteiger partial charge is 0.376 e. The van der Waals surface area contributed by atoms with E-state index in [0.29, 0.717) is 23.4 Å². The average Bonchev–Trinajstić information content (AvgIpc) is 2.87. The van der Waals surface area contributed by atoms with Gasteiger partial charge in [0.1, 0.15) is 0 Å². The predicted molar refractivity (Wildman–Crippen MR) is 142 cm³/mol. The number of nitrogens with one attached hydrogen (secondary N) is 3. The van der Waals surface area contributed by atoms with Crippen LogP contribution in [0, 0.1) is 0 Å². The molecule has 3 rings (SSSR count). The number of amides is 3. The van der Waals surface area contributed by atoms with E-state index >= 15 is 0 Å². The normalized spacial score (nSPS) is 10.3. The Morgan fingerprint density at radius 2 is 1.40 bits per heavy atom. The molecule has 3 aromatic carbocycles. The summed E-state index contributed by atoms with van der Waals surface area (Å²) in [6.07, 6.45) is 3.47. The van der Waals surface area contributed by atoms with E-state index in [1.165, 1.54) is 0 Å². The topological polar surface area (TPSA) is 90.5 Å². The van der Waals surface area contributed by atoms with E-state index in [4.69, 9.17) is 0 Å². The van der Waals surface area contributed by atoms with Gasteiger partial charge in [-0.3, -0.25) is 14.4 Å². The molecule has 0 fully saturated rings. The Balaban J connectivity index is 1.53. The molecule has 0 aliphatic rings. The molecule has 0 saturated carbocycles. The second kappa shape index (κ2) is 12.9. The smallest absolute Gasteiger partial charge is 0.258 e. The van der Waals surface area contributed by atoms with E-state index in [1.54, 1.807) is 42.3 Å². The number of hydrogen-bond donors (Lipinski definition) is 3. The number of unbranched alkanes of at least 4 members (excludes halogenated alkanes) is 2. The van der Waals surface area contributed by atoms with Crippen molar-refractivity contribution in [3.8, 4) is 0 Å². The molecular weight excluding hydrogens is 440 g/mol. The van der Waals surface area contributed by atoms with Crippen LogP contribution in [-0.4, -0.2) is 31.3 Å². The standard InChI is InChI=1S/C28H32N4O3/c1-3-4-6-17-26(33)30-24-14-10-12-22(19-24)29-20-27(34)31-23-13-9-11-21(18-23)28(35)32(2)25-15-7-5-8-16-25/h5,7-16,18-19,29H,3-4,6,17,20H2,1-2H3,(H,30,33)(H,31,34). The number of benzene rings is 3. The molecule has 7 heteroatoms. The Labute approximate surface area is 206 Å². The number of nitrogens with zero attached hydrogens (tertiary/aromatic N) is 1. The van der Waals surface area contributed by atoms with Crippen LogP contribution in [0.5, 0.6) is 0 Å². The van der Waals surface area contributed by atoms with Gasteiger partial charge in [-0.1, -0.05) is 50.1 Å². The summed E-state index contributed by atoms with van der Waals surface area (Å²) >= 11 is 0. The van der Waals surface area contributed by atoms with Crippen LogP contribution in [0.15, 0.2) is 78.9 Å². The molecular formula is C28H32N4O3. The summed E-state index contributed by atoms with van der Waals surface area (Å²) in [4.78, 5) is 39.0. The zero-order chi connectivity index (χ0) is 25.0. The highest BCUT2D eigenvalue weighted by Gasteiger charge is 2.14. The molecule has 0 heterocycles. The lowest BCUT2D eigenvalue weighted by Gasteiger charge is -2.18. The van der Waals surface area contributed by atoms with Crippen molar-refractivity contribution in [3.05, 3.63) is 84.4 Å². The van der Waals surface area contributed by atoms with Crippen LogP contribution in [-0.2, 0) is 9.59 Å². The van der Waals surface area contributed by atoms with Gasteiger partial charge >= 0.3 is 0 Å². The molecule has 0 aliphatic heterocycles. The van der Waals surface area contributed by atoms with Crippen LogP contribution in [0.1, 0.15) is 43.0 Å². The molecule has 0 bridgehead atoms. The van der Waals surface area contributed by atoms with Crippen LogP contribution >= 0.6 is 0 Å². The van der Waals surface area contributed by atoms with E-state index in [-0.39, 0.29) is 24.3 Å². The van der Waals surface area contributed by atoms with Crippen molar-refractivity contribution in [2.24, 2.45) is 0 Å². The van der Waals surface area contributed by atoms with Gasteiger partial charge in [-0.25, -0.2) is 0 Å². The van der Waals surface area contributed by atoms with Gasteiger partial charge in [0.2, 0.25) is 11.8 Å². The fraction of sp³-hybridized carbons (Fsp3) is 0.250. The lowest BCUT2D eigenvalue weighted by Crippen LogP contribution is -2.26. The van der Waals surface area contributed by atoms with Crippen molar-refractivity contribution in [2.75, 3.05) is 34.4 Å². The number of para-hydroxylation sites is 1. The molecule has 35 heavy (non-hydrogen) atoms. The highest BCUT2D eigenvalue weighted by molar-refractivity contribution is 6.06. The van der Waals surface area contributed by atoms with E-state index in [0.717, 1.165) is 30.6 Å². The third-order valence-corrected chi connectivity index (χ3v) is 5.45. The van der Waals surface area contributed by atoms with Crippen LogP contribution in [0.2, 0.25) is 0 Å². The Kier molecular flexibility index (Phi) is 9.42. The van der Waals surface area contributed by atoms with Gasteiger partial charge in [-0.05, 0) is 55.0 Å². The first kappa shape index (κ1) is 25.5. The molecule has 0 atom stereocenters. The van der Waals surface area contributed by atoms with E-state index in [9.17, 15) is 14.4 Å². The third kappa shape index (κ3) is 7.99. The van der Waals surface area contributed by atoms with Crippen LogP contribution in [0.25, 0.3) is 0 Å². The second-order valence-corrected chi connectivity index (χ2v) is 8.27. The number of carbonyl (C=O) groups is 3. The monoisotopic (exact) mass is 472 g/mol. The Hall–Kier alpha value is -4.13. The van der Waals surface area contributed by atoms with Gasteiger partial charge in [-0.2, -0.15) is 0 Å². The SMILES string of the molecule is CCCCCC(=O)Nc1cccc(NCC(=O)Nc2cccc(C(=O)N(C)c3ccccc3)c2)c1. The lowest BCUT2D eigenvalue weighted by molar-refractivity contribution is -0.116. The van der Waals surface area contributed by atoms with E-state index in [1.807, 2.05) is 48.5 Å². The first-order chi connectivity index (χ1) is 17.0. The first-order valence-corrected chi connectivity index (χ1v) is 11.8. The van der Waals surface area contributed by atoms with Crippen molar-refractivity contribution in [1.82, 2.24) is 0 Å². The summed E-state index contributed by atoms with van der Waals surface area (Å²) in [6.45, 7) is 2.14. The van der Waals surface area contributed by atoms with Crippen LogP contribution in [0.4, 0.5) is 22.7 Å². The number of hydrogen-bond acceptors (Lipinski definition) is 4. The summed E-state index contributed by atoms with van der Waals surface area (Å²) in [7, 11) is 1.72. The molecule has 0 unspecified atom stereocenters. The van der Waals surface area contributed by atoms with Crippen LogP contribution < -0.4 is 20.9 Å². The highest BCUT2D eigenvalue weighted by atomic mass is 16.2. The summed E-state index contributed by atoms with van der Waals surface area (Å²) in [5.41, 5.74) is 3.21. The molecule has 0 spiro atoms. The minimum atomic E-state index is -0.250. The maximum Gasteiger partial charge on any atom is 0.258 e.